The van der Waals surface area contributed by atoms with Crippen molar-refractivity contribution in [3.8, 4) is 22.8 Å². The highest BCUT2D eigenvalue weighted by Crippen LogP contribution is 2.42. The van der Waals surface area contributed by atoms with Crippen LogP contribution in [0.4, 0.5) is 0 Å². The third-order valence-electron chi connectivity index (χ3n) is 6.42. The maximum atomic E-state index is 14.2. The van der Waals surface area contributed by atoms with Crippen LogP contribution in [0, 0.1) is 6.92 Å². The first-order valence-corrected chi connectivity index (χ1v) is 11.7. The summed E-state index contributed by atoms with van der Waals surface area (Å²) in [6, 6.07) is 20.8. The highest BCUT2D eigenvalue weighted by Gasteiger charge is 2.36. The van der Waals surface area contributed by atoms with Crippen LogP contribution in [0.5, 0.6) is 11.5 Å². The Balaban J connectivity index is 1.66. The molecule has 1 unspecified atom stereocenters. The lowest BCUT2D eigenvalue weighted by Gasteiger charge is -2.38. The first-order valence-electron chi connectivity index (χ1n) is 11.3. The van der Waals surface area contributed by atoms with E-state index in [-0.39, 0.29) is 11.9 Å². The third kappa shape index (κ3) is 4.15. The fourth-order valence-corrected chi connectivity index (χ4v) is 4.96. The lowest BCUT2D eigenvalue weighted by molar-refractivity contribution is 0.0693. The molecule has 7 heteroatoms. The van der Waals surface area contributed by atoms with Crippen LogP contribution in [0.1, 0.15) is 38.9 Å². The second kappa shape index (κ2) is 9.47. The number of fused-ring (bicyclic) bond motifs is 1. The van der Waals surface area contributed by atoms with Crippen LogP contribution in [-0.4, -0.2) is 36.7 Å². The van der Waals surface area contributed by atoms with Crippen molar-refractivity contribution in [3.63, 3.8) is 0 Å². The van der Waals surface area contributed by atoms with E-state index in [9.17, 15) is 4.79 Å². The number of rotatable bonds is 5. The minimum atomic E-state index is -0.373. The number of benzene rings is 3. The van der Waals surface area contributed by atoms with Gasteiger partial charge in [0.15, 0.2) is 11.5 Å². The topological polar surface area (TPSA) is 64.8 Å². The number of hydrogen-bond acceptors (Lipinski definition) is 5. The summed E-state index contributed by atoms with van der Waals surface area (Å²) in [4.78, 5) is 16.0. The molecule has 1 aliphatic heterocycles. The summed E-state index contributed by atoms with van der Waals surface area (Å²) < 4.78 is 16.6. The second-order valence-electron chi connectivity index (χ2n) is 8.44. The van der Waals surface area contributed by atoms with Gasteiger partial charge in [-0.1, -0.05) is 59.2 Å². The van der Waals surface area contributed by atoms with Gasteiger partial charge in [-0.05, 0) is 54.3 Å². The Hall–Kier alpha value is -3.77. The first-order chi connectivity index (χ1) is 17.0. The van der Waals surface area contributed by atoms with Crippen LogP contribution in [0.2, 0.25) is 5.02 Å². The molecule has 0 spiro atoms. The van der Waals surface area contributed by atoms with Gasteiger partial charge in [-0.15, -0.1) is 0 Å². The average molecular weight is 489 g/mol. The summed E-state index contributed by atoms with van der Waals surface area (Å²) in [5, 5.41) is 4.83. The van der Waals surface area contributed by atoms with Crippen molar-refractivity contribution in [1.29, 1.82) is 0 Å². The predicted molar refractivity (Wildman–Crippen MR) is 134 cm³/mol. The normalized spacial score (nSPS) is 15.0. The first kappa shape index (κ1) is 23.0. The molecule has 0 bridgehead atoms. The Bertz CT molecular complexity index is 1380. The molecule has 2 heterocycles. The number of ether oxygens (including phenoxy) is 2. The van der Waals surface area contributed by atoms with Crippen molar-refractivity contribution >= 4 is 17.5 Å². The zero-order valence-electron chi connectivity index (χ0n) is 19.7. The summed E-state index contributed by atoms with van der Waals surface area (Å²) in [5.74, 6) is 1.61. The molecule has 3 aromatic carbocycles. The van der Waals surface area contributed by atoms with E-state index in [2.05, 4.69) is 5.16 Å². The van der Waals surface area contributed by atoms with Gasteiger partial charge in [0.25, 0.3) is 5.91 Å². The van der Waals surface area contributed by atoms with Gasteiger partial charge in [0.1, 0.15) is 17.0 Å². The number of nitrogens with zero attached hydrogens (tertiary/aromatic N) is 2. The summed E-state index contributed by atoms with van der Waals surface area (Å²) in [7, 11) is 3.23. The highest BCUT2D eigenvalue weighted by atomic mass is 35.5. The van der Waals surface area contributed by atoms with E-state index in [1.54, 1.807) is 21.1 Å². The number of aryl methyl sites for hydroxylation is 1. The Morgan fingerprint density at radius 3 is 2.49 bits per heavy atom. The molecule has 1 amide bonds. The van der Waals surface area contributed by atoms with Crippen LogP contribution in [0.3, 0.4) is 0 Å². The molecule has 0 radical (unpaired) electrons. The zero-order valence-corrected chi connectivity index (χ0v) is 20.5. The van der Waals surface area contributed by atoms with Gasteiger partial charge in [0, 0.05) is 17.1 Å². The zero-order chi connectivity index (χ0) is 24.5. The summed E-state index contributed by atoms with van der Waals surface area (Å²) in [6.45, 7) is 2.28. The van der Waals surface area contributed by atoms with E-state index < -0.39 is 0 Å². The number of carbonyl (C=O) groups excluding carboxylic acids is 1. The minimum absolute atomic E-state index is 0.145. The van der Waals surface area contributed by atoms with Gasteiger partial charge in [-0.2, -0.15) is 0 Å². The minimum Gasteiger partial charge on any atom is -0.493 e. The van der Waals surface area contributed by atoms with Crippen LogP contribution in [0.25, 0.3) is 11.3 Å². The molecule has 0 N–H and O–H groups in total. The lowest BCUT2D eigenvalue weighted by Crippen LogP contribution is -2.41. The van der Waals surface area contributed by atoms with Gasteiger partial charge < -0.3 is 18.9 Å². The smallest absolute Gasteiger partial charge is 0.260 e. The molecule has 0 saturated carbocycles. The quantitative estimate of drug-likeness (QED) is 0.339. The molecular weight excluding hydrogens is 464 g/mol. The SMILES string of the molecule is COc1cc2c(cc1OC)C(c1cccc(Cl)c1)N(C(=O)c1c(-c3ccccc3)noc1C)CC2. The molecular formula is C28H25ClN2O4. The Morgan fingerprint density at radius 2 is 1.77 bits per heavy atom. The van der Waals surface area contributed by atoms with Gasteiger partial charge >= 0.3 is 0 Å². The second-order valence-corrected chi connectivity index (χ2v) is 8.88. The molecule has 4 aromatic rings. The largest absolute Gasteiger partial charge is 0.493 e. The fraction of sp³-hybridized carbons (Fsp3) is 0.214. The van der Waals surface area contributed by atoms with Crippen molar-refractivity contribution in [1.82, 2.24) is 10.1 Å². The van der Waals surface area contributed by atoms with Crippen molar-refractivity contribution in [2.75, 3.05) is 20.8 Å². The van der Waals surface area contributed by atoms with E-state index >= 15 is 0 Å². The molecule has 5 rings (SSSR count). The van der Waals surface area contributed by atoms with Gasteiger partial charge in [0.05, 0.1) is 20.3 Å². The van der Waals surface area contributed by atoms with Crippen molar-refractivity contribution in [2.45, 2.75) is 19.4 Å². The summed E-state index contributed by atoms with van der Waals surface area (Å²) in [5.41, 5.74) is 4.82. The monoisotopic (exact) mass is 488 g/mol. The molecule has 0 aliphatic carbocycles. The van der Waals surface area contributed by atoms with E-state index in [4.69, 9.17) is 25.6 Å². The van der Waals surface area contributed by atoms with Crippen molar-refractivity contribution in [3.05, 3.63) is 99.8 Å². The Morgan fingerprint density at radius 1 is 1.03 bits per heavy atom. The van der Waals surface area contributed by atoms with Crippen LogP contribution >= 0.6 is 11.6 Å². The molecule has 1 aliphatic rings. The lowest BCUT2D eigenvalue weighted by atomic mass is 9.87. The van der Waals surface area contributed by atoms with Gasteiger partial charge in [-0.3, -0.25) is 4.79 Å². The van der Waals surface area contributed by atoms with Crippen LogP contribution in [0.15, 0.2) is 71.3 Å². The van der Waals surface area contributed by atoms with Gasteiger partial charge in [0.2, 0.25) is 0 Å². The predicted octanol–water partition coefficient (Wildman–Crippen LogP) is 6.11. The molecule has 0 saturated heterocycles. The fourth-order valence-electron chi connectivity index (χ4n) is 4.76. The number of amides is 1. The summed E-state index contributed by atoms with van der Waals surface area (Å²) >= 11 is 6.38. The third-order valence-corrected chi connectivity index (χ3v) is 6.66. The Labute approximate surface area is 209 Å². The standard InChI is InChI=1S/C28H25ClN2O4/c1-17-25(26(30-35-17)18-8-5-4-6-9-18)28(32)31-13-12-19-15-23(33-2)24(34-3)16-22(19)27(31)20-10-7-11-21(29)14-20/h4-11,14-16,27H,12-13H2,1-3H3. The summed E-state index contributed by atoms with van der Waals surface area (Å²) in [6.07, 6.45) is 0.670. The van der Waals surface area contributed by atoms with Crippen molar-refractivity contribution in [2.24, 2.45) is 0 Å². The van der Waals surface area contributed by atoms with Crippen molar-refractivity contribution < 1.29 is 18.8 Å². The Kier molecular flexibility index (Phi) is 6.22. The maximum absolute atomic E-state index is 14.2. The van der Waals surface area contributed by atoms with E-state index in [0.29, 0.717) is 46.5 Å². The number of methoxy groups -OCH3 is 2. The number of aromatic nitrogens is 1. The van der Waals surface area contributed by atoms with Crippen LogP contribution < -0.4 is 9.47 Å². The molecule has 6 nitrogen and oxygen atoms in total. The maximum Gasteiger partial charge on any atom is 0.260 e. The number of carbonyl (C=O) groups is 1. The molecule has 1 atom stereocenters. The van der Waals surface area contributed by atoms with Gasteiger partial charge in [-0.25, -0.2) is 0 Å². The average Bonchev–Trinajstić information content (AvgIpc) is 3.28. The van der Waals surface area contributed by atoms with E-state index in [1.165, 1.54) is 0 Å². The van der Waals surface area contributed by atoms with E-state index in [0.717, 1.165) is 22.3 Å². The molecule has 178 valence electrons. The van der Waals surface area contributed by atoms with Crippen LogP contribution in [-0.2, 0) is 6.42 Å². The molecule has 0 fully saturated rings. The number of halogens is 1. The molecule has 35 heavy (non-hydrogen) atoms. The highest BCUT2D eigenvalue weighted by molar-refractivity contribution is 6.30. The number of hydrogen-bond donors (Lipinski definition) is 0. The molecule has 1 aromatic heterocycles. The van der Waals surface area contributed by atoms with E-state index in [1.807, 2.05) is 71.6 Å².